The number of halogens is 1. The van der Waals surface area contributed by atoms with E-state index in [9.17, 15) is 14.3 Å². The molecule has 1 saturated carbocycles. The van der Waals surface area contributed by atoms with Crippen molar-refractivity contribution in [3.05, 3.63) is 35.1 Å². The highest BCUT2D eigenvalue weighted by atomic mass is 19.1. The van der Waals surface area contributed by atoms with Crippen molar-refractivity contribution in [2.45, 2.75) is 57.0 Å². The van der Waals surface area contributed by atoms with Crippen molar-refractivity contribution >= 4 is 5.97 Å². The first kappa shape index (κ1) is 15.0. The van der Waals surface area contributed by atoms with Crippen LogP contribution in [0.4, 0.5) is 4.39 Å². The second-order valence-corrected chi connectivity index (χ2v) is 5.56. The SMILES string of the molecule is O=C(O)CCC(O)c1ccc(C2CCCCC2)c(F)c1. The number of aliphatic hydroxyl groups is 1. The number of carboxylic acids is 1. The van der Waals surface area contributed by atoms with Gasteiger partial charge in [-0.3, -0.25) is 4.79 Å². The molecule has 0 amide bonds. The number of benzene rings is 1. The third-order valence-electron chi connectivity index (χ3n) is 4.09. The summed E-state index contributed by atoms with van der Waals surface area (Å²) in [6.07, 6.45) is 4.64. The topological polar surface area (TPSA) is 57.5 Å². The molecule has 1 aromatic rings. The molecule has 1 aliphatic carbocycles. The molecule has 1 aliphatic rings. The summed E-state index contributed by atoms with van der Waals surface area (Å²) < 4.78 is 14.2. The molecule has 1 unspecified atom stereocenters. The summed E-state index contributed by atoms with van der Waals surface area (Å²) >= 11 is 0. The van der Waals surface area contributed by atoms with E-state index in [1.165, 1.54) is 12.5 Å². The van der Waals surface area contributed by atoms with Crippen molar-refractivity contribution in [3.8, 4) is 0 Å². The average Bonchev–Trinajstić information content (AvgIpc) is 2.45. The van der Waals surface area contributed by atoms with Gasteiger partial charge in [0.15, 0.2) is 0 Å². The van der Waals surface area contributed by atoms with Crippen molar-refractivity contribution in [2.75, 3.05) is 0 Å². The van der Waals surface area contributed by atoms with Gasteiger partial charge in [-0.25, -0.2) is 4.39 Å². The maximum absolute atomic E-state index is 14.2. The predicted molar refractivity (Wildman–Crippen MR) is 74.1 cm³/mol. The highest BCUT2D eigenvalue weighted by Crippen LogP contribution is 2.34. The smallest absolute Gasteiger partial charge is 0.303 e. The molecule has 4 heteroatoms. The van der Waals surface area contributed by atoms with E-state index in [1.807, 2.05) is 0 Å². The first-order chi connectivity index (χ1) is 9.58. The fourth-order valence-electron chi connectivity index (χ4n) is 2.92. The number of carbonyl (C=O) groups is 1. The van der Waals surface area contributed by atoms with Crippen molar-refractivity contribution in [1.29, 1.82) is 0 Å². The highest BCUT2D eigenvalue weighted by molar-refractivity contribution is 5.66. The number of carboxylic acid groups (broad SMARTS) is 1. The molecule has 1 fully saturated rings. The summed E-state index contributed by atoms with van der Waals surface area (Å²) in [4.78, 5) is 10.5. The summed E-state index contributed by atoms with van der Waals surface area (Å²) in [6.45, 7) is 0. The van der Waals surface area contributed by atoms with E-state index in [0.717, 1.165) is 31.2 Å². The van der Waals surface area contributed by atoms with E-state index < -0.39 is 12.1 Å². The van der Waals surface area contributed by atoms with E-state index in [1.54, 1.807) is 12.1 Å². The Bertz CT molecular complexity index is 467. The van der Waals surface area contributed by atoms with Crippen LogP contribution in [0, 0.1) is 5.82 Å². The third-order valence-corrected chi connectivity index (χ3v) is 4.09. The summed E-state index contributed by atoms with van der Waals surface area (Å²) in [6, 6.07) is 4.83. The van der Waals surface area contributed by atoms with Crippen LogP contribution in [0.1, 0.15) is 68.1 Å². The van der Waals surface area contributed by atoms with Crippen LogP contribution < -0.4 is 0 Å². The minimum absolute atomic E-state index is 0.109. The largest absolute Gasteiger partial charge is 0.481 e. The molecule has 1 aromatic carbocycles. The fourth-order valence-corrected chi connectivity index (χ4v) is 2.92. The number of aliphatic carboxylic acids is 1. The standard InChI is InChI=1S/C16H21FO3/c17-14-10-12(15(18)8-9-16(19)20)6-7-13(14)11-4-2-1-3-5-11/h6-7,10-11,15,18H,1-5,8-9H2,(H,19,20). The van der Waals surface area contributed by atoms with Crippen molar-refractivity contribution in [2.24, 2.45) is 0 Å². The van der Waals surface area contributed by atoms with Gasteiger partial charge in [0.1, 0.15) is 5.82 Å². The van der Waals surface area contributed by atoms with E-state index in [4.69, 9.17) is 5.11 Å². The maximum atomic E-state index is 14.2. The van der Waals surface area contributed by atoms with Gasteiger partial charge in [-0.15, -0.1) is 0 Å². The Balaban J connectivity index is 2.06. The van der Waals surface area contributed by atoms with Gasteiger partial charge in [0.05, 0.1) is 6.10 Å². The molecule has 3 nitrogen and oxygen atoms in total. The Kier molecular flexibility index (Phi) is 5.12. The quantitative estimate of drug-likeness (QED) is 0.863. The Morgan fingerprint density at radius 2 is 2.00 bits per heavy atom. The van der Waals surface area contributed by atoms with Crippen LogP contribution in [-0.2, 0) is 4.79 Å². The van der Waals surface area contributed by atoms with Gasteiger partial charge in [-0.1, -0.05) is 31.4 Å². The van der Waals surface area contributed by atoms with Crippen molar-refractivity contribution in [1.82, 2.24) is 0 Å². The van der Waals surface area contributed by atoms with Crippen LogP contribution in [0.5, 0.6) is 0 Å². The maximum Gasteiger partial charge on any atom is 0.303 e. The lowest BCUT2D eigenvalue weighted by Crippen LogP contribution is -2.08. The predicted octanol–water partition coefficient (Wildman–Crippen LogP) is 3.77. The zero-order chi connectivity index (χ0) is 14.5. The lowest BCUT2D eigenvalue weighted by Gasteiger charge is -2.23. The molecule has 0 aliphatic heterocycles. The number of hydrogen-bond acceptors (Lipinski definition) is 2. The van der Waals surface area contributed by atoms with Gasteiger partial charge in [0, 0.05) is 6.42 Å². The second-order valence-electron chi connectivity index (χ2n) is 5.56. The Labute approximate surface area is 118 Å². The average molecular weight is 280 g/mol. The van der Waals surface area contributed by atoms with Gasteiger partial charge >= 0.3 is 5.97 Å². The van der Waals surface area contributed by atoms with Gasteiger partial charge in [-0.05, 0) is 42.4 Å². The molecule has 2 N–H and O–H groups in total. The van der Waals surface area contributed by atoms with Crippen LogP contribution >= 0.6 is 0 Å². The number of hydrogen-bond donors (Lipinski definition) is 2. The molecular weight excluding hydrogens is 259 g/mol. The zero-order valence-corrected chi connectivity index (χ0v) is 11.5. The van der Waals surface area contributed by atoms with Gasteiger partial charge in [-0.2, -0.15) is 0 Å². The molecule has 2 rings (SSSR count). The number of aliphatic hydroxyl groups excluding tert-OH is 1. The zero-order valence-electron chi connectivity index (χ0n) is 11.5. The normalized spacial score (nSPS) is 17.9. The highest BCUT2D eigenvalue weighted by Gasteiger charge is 2.20. The number of rotatable bonds is 5. The van der Waals surface area contributed by atoms with Gasteiger partial charge < -0.3 is 10.2 Å². The van der Waals surface area contributed by atoms with Crippen molar-refractivity contribution in [3.63, 3.8) is 0 Å². The van der Waals surface area contributed by atoms with Crippen LogP contribution in [-0.4, -0.2) is 16.2 Å². The van der Waals surface area contributed by atoms with Crippen LogP contribution in [0.2, 0.25) is 0 Å². The lowest BCUT2D eigenvalue weighted by atomic mass is 9.83. The first-order valence-corrected chi connectivity index (χ1v) is 7.27. The first-order valence-electron chi connectivity index (χ1n) is 7.27. The molecule has 0 bridgehead atoms. The monoisotopic (exact) mass is 280 g/mol. The Hall–Kier alpha value is -1.42. The lowest BCUT2D eigenvalue weighted by molar-refractivity contribution is -0.137. The van der Waals surface area contributed by atoms with Gasteiger partial charge in [0.25, 0.3) is 0 Å². The molecule has 0 heterocycles. The third kappa shape index (κ3) is 3.79. The minimum atomic E-state index is -0.955. The van der Waals surface area contributed by atoms with E-state index in [0.29, 0.717) is 5.56 Å². The summed E-state index contributed by atoms with van der Waals surface area (Å²) in [5.74, 6) is -0.943. The van der Waals surface area contributed by atoms with E-state index >= 15 is 0 Å². The molecule has 110 valence electrons. The van der Waals surface area contributed by atoms with Gasteiger partial charge in [0.2, 0.25) is 0 Å². The summed E-state index contributed by atoms with van der Waals surface area (Å²) in [5.41, 5.74) is 1.20. The van der Waals surface area contributed by atoms with E-state index in [2.05, 4.69) is 0 Å². The molecule has 0 radical (unpaired) electrons. The molecule has 0 saturated heterocycles. The Morgan fingerprint density at radius 1 is 1.30 bits per heavy atom. The van der Waals surface area contributed by atoms with Crippen molar-refractivity contribution < 1.29 is 19.4 Å². The molecular formula is C16H21FO3. The summed E-state index contributed by atoms with van der Waals surface area (Å²) in [5, 5.41) is 18.5. The fraction of sp³-hybridized carbons (Fsp3) is 0.562. The molecule has 1 atom stereocenters. The van der Waals surface area contributed by atoms with Crippen LogP contribution in [0.3, 0.4) is 0 Å². The molecule has 0 spiro atoms. The van der Waals surface area contributed by atoms with Crippen LogP contribution in [0.25, 0.3) is 0 Å². The Morgan fingerprint density at radius 3 is 2.60 bits per heavy atom. The molecule has 20 heavy (non-hydrogen) atoms. The summed E-state index contributed by atoms with van der Waals surface area (Å²) in [7, 11) is 0. The van der Waals surface area contributed by atoms with E-state index in [-0.39, 0.29) is 24.6 Å². The molecule has 0 aromatic heterocycles. The van der Waals surface area contributed by atoms with Crippen LogP contribution in [0.15, 0.2) is 18.2 Å². The minimum Gasteiger partial charge on any atom is -0.481 e. The second kappa shape index (κ2) is 6.84.